The van der Waals surface area contributed by atoms with Gasteiger partial charge in [0, 0.05) is 37.9 Å². The second-order valence-corrected chi connectivity index (χ2v) is 8.07. The molecule has 6 heteroatoms. The Morgan fingerprint density at radius 3 is 2.48 bits per heavy atom. The molecule has 2 aromatic carbocycles. The van der Waals surface area contributed by atoms with Crippen LogP contribution in [0.3, 0.4) is 0 Å². The Labute approximate surface area is 171 Å². The number of hydrogen-bond donors (Lipinski definition) is 0. The number of nitrogens with zero attached hydrogens (tertiary/aromatic N) is 3. The van der Waals surface area contributed by atoms with E-state index >= 15 is 0 Å². The molecule has 152 valence electrons. The average molecular weight is 393 g/mol. The summed E-state index contributed by atoms with van der Waals surface area (Å²) in [5.41, 5.74) is 2.96. The summed E-state index contributed by atoms with van der Waals surface area (Å²) in [6.45, 7) is 1.97. The van der Waals surface area contributed by atoms with Gasteiger partial charge in [0.25, 0.3) is 0 Å². The number of fused-ring (bicyclic) bond motifs is 4. The molecule has 1 saturated heterocycles. The average Bonchev–Trinajstić information content (AvgIpc) is 3.22. The summed E-state index contributed by atoms with van der Waals surface area (Å²) in [4.78, 5) is 2.35. The highest BCUT2D eigenvalue weighted by atomic mass is 16.5. The van der Waals surface area contributed by atoms with E-state index in [2.05, 4.69) is 35.2 Å². The highest BCUT2D eigenvalue weighted by Gasteiger charge is 2.52. The van der Waals surface area contributed by atoms with Gasteiger partial charge in [0.15, 0.2) is 11.5 Å². The summed E-state index contributed by atoms with van der Waals surface area (Å²) in [5, 5.41) is 7.35. The standard InChI is InChI=1S/C23H27N3O3/c1-25-13-11-23(12-14-25)26-20(18-5-4-6-21(28-3)22(18)29-23)15-19(24-26)16-7-9-17(27-2)10-8-16/h4-10,20H,11-15H2,1-3H3/t20-/m1/s1. The largest absolute Gasteiger partial charge is 0.497 e. The molecule has 6 nitrogen and oxygen atoms in total. The first-order chi connectivity index (χ1) is 14.1. The maximum absolute atomic E-state index is 6.71. The van der Waals surface area contributed by atoms with Gasteiger partial charge >= 0.3 is 0 Å². The van der Waals surface area contributed by atoms with Crippen molar-refractivity contribution in [2.24, 2.45) is 5.10 Å². The number of ether oxygens (including phenoxy) is 3. The van der Waals surface area contributed by atoms with E-state index in [1.165, 1.54) is 0 Å². The molecule has 1 atom stereocenters. The van der Waals surface area contributed by atoms with Gasteiger partial charge in [0.1, 0.15) is 5.75 Å². The van der Waals surface area contributed by atoms with Gasteiger partial charge in [-0.2, -0.15) is 5.10 Å². The lowest BCUT2D eigenvalue weighted by atomic mass is 9.90. The van der Waals surface area contributed by atoms with Crippen LogP contribution in [0.5, 0.6) is 17.2 Å². The number of likely N-dealkylation sites (tertiary alicyclic amines) is 1. The molecule has 1 spiro atoms. The highest BCUT2D eigenvalue weighted by Crippen LogP contribution is 2.52. The topological polar surface area (TPSA) is 46.5 Å². The maximum Gasteiger partial charge on any atom is 0.200 e. The summed E-state index contributed by atoms with van der Waals surface area (Å²) in [6, 6.07) is 14.5. The Kier molecular flexibility index (Phi) is 4.39. The number of methoxy groups -OCH3 is 2. The van der Waals surface area contributed by atoms with E-state index in [0.717, 1.165) is 66.4 Å². The summed E-state index contributed by atoms with van der Waals surface area (Å²) in [6.07, 6.45) is 2.68. The molecule has 0 bridgehead atoms. The van der Waals surface area contributed by atoms with E-state index in [1.807, 2.05) is 24.3 Å². The van der Waals surface area contributed by atoms with Gasteiger partial charge in [-0.15, -0.1) is 0 Å². The van der Waals surface area contributed by atoms with Crippen LogP contribution in [0.2, 0.25) is 0 Å². The van der Waals surface area contributed by atoms with Crippen LogP contribution in [0.15, 0.2) is 47.6 Å². The van der Waals surface area contributed by atoms with Crippen LogP contribution in [0, 0.1) is 0 Å². The van der Waals surface area contributed by atoms with Crippen molar-refractivity contribution in [1.29, 1.82) is 0 Å². The zero-order chi connectivity index (χ0) is 20.0. The van der Waals surface area contributed by atoms with Gasteiger partial charge in [0.2, 0.25) is 5.72 Å². The number of hydrogen-bond acceptors (Lipinski definition) is 6. The molecule has 3 heterocycles. The van der Waals surface area contributed by atoms with Crippen LogP contribution < -0.4 is 14.2 Å². The molecule has 0 amide bonds. The highest BCUT2D eigenvalue weighted by molar-refractivity contribution is 6.02. The number of benzene rings is 2. The van der Waals surface area contributed by atoms with Gasteiger partial charge < -0.3 is 19.1 Å². The van der Waals surface area contributed by atoms with Crippen LogP contribution in [-0.2, 0) is 0 Å². The quantitative estimate of drug-likeness (QED) is 0.796. The molecule has 0 N–H and O–H groups in total. The molecule has 2 aromatic rings. The van der Waals surface area contributed by atoms with Crippen molar-refractivity contribution in [3.8, 4) is 17.2 Å². The van der Waals surface area contributed by atoms with Gasteiger partial charge in [-0.1, -0.05) is 12.1 Å². The van der Waals surface area contributed by atoms with Crippen LogP contribution in [0.25, 0.3) is 0 Å². The minimum absolute atomic E-state index is 0.161. The number of para-hydroxylation sites is 1. The fraction of sp³-hybridized carbons (Fsp3) is 0.435. The lowest BCUT2D eigenvalue weighted by molar-refractivity contribution is -0.148. The first-order valence-electron chi connectivity index (χ1n) is 10.2. The molecule has 0 aromatic heterocycles. The van der Waals surface area contributed by atoms with Crippen LogP contribution >= 0.6 is 0 Å². The third kappa shape index (κ3) is 2.94. The Morgan fingerprint density at radius 1 is 1.03 bits per heavy atom. The smallest absolute Gasteiger partial charge is 0.200 e. The van der Waals surface area contributed by atoms with Gasteiger partial charge in [0.05, 0.1) is 26.0 Å². The normalized spacial score (nSPS) is 22.5. The number of rotatable bonds is 3. The Bertz CT molecular complexity index is 933. The summed E-state index contributed by atoms with van der Waals surface area (Å²) in [7, 11) is 5.56. The van der Waals surface area contributed by atoms with Crippen molar-refractivity contribution in [3.05, 3.63) is 53.6 Å². The molecule has 0 unspecified atom stereocenters. The van der Waals surface area contributed by atoms with E-state index in [-0.39, 0.29) is 6.04 Å². The zero-order valence-corrected chi connectivity index (χ0v) is 17.2. The van der Waals surface area contributed by atoms with Crippen molar-refractivity contribution in [2.75, 3.05) is 34.4 Å². The van der Waals surface area contributed by atoms with Crippen molar-refractivity contribution in [2.45, 2.75) is 31.0 Å². The SMILES string of the molecule is COc1ccc(C2=NN3[C@H](C2)c2cccc(OC)c2OC32CCN(C)CC2)cc1. The third-order valence-corrected chi connectivity index (χ3v) is 6.40. The summed E-state index contributed by atoms with van der Waals surface area (Å²) < 4.78 is 17.7. The predicted octanol–water partition coefficient (Wildman–Crippen LogP) is 3.67. The third-order valence-electron chi connectivity index (χ3n) is 6.40. The van der Waals surface area contributed by atoms with Gasteiger partial charge in [-0.25, -0.2) is 5.01 Å². The molecule has 3 aliphatic rings. The lowest BCUT2D eigenvalue weighted by Crippen LogP contribution is -2.58. The molecule has 29 heavy (non-hydrogen) atoms. The monoisotopic (exact) mass is 393 g/mol. The second-order valence-electron chi connectivity index (χ2n) is 8.07. The van der Waals surface area contributed by atoms with E-state index in [4.69, 9.17) is 19.3 Å². The Morgan fingerprint density at radius 2 is 1.79 bits per heavy atom. The van der Waals surface area contributed by atoms with Crippen LogP contribution in [0.4, 0.5) is 0 Å². The number of piperidine rings is 1. The van der Waals surface area contributed by atoms with E-state index in [1.54, 1.807) is 14.2 Å². The molecule has 0 radical (unpaired) electrons. The molecule has 5 rings (SSSR count). The van der Waals surface area contributed by atoms with E-state index < -0.39 is 5.72 Å². The molecule has 1 fully saturated rings. The van der Waals surface area contributed by atoms with Crippen LogP contribution in [-0.4, -0.2) is 55.7 Å². The predicted molar refractivity (Wildman–Crippen MR) is 112 cm³/mol. The minimum atomic E-state index is -0.424. The van der Waals surface area contributed by atoms with E-state index in [0.29, 0.717) is 0 Å². The molecule has 0 aliphatic carbocycles. The summed E-state index contributed by atoms with van der Waals surface area (Å²) >= 11 is 0. The molecule has 3 aliphatic heterocycles. The van der Waals surface area contributed by atoms with E-state index in [9.17, 15) is 0 Å². The van der Waals surface area contributed by atoms with Crippen molar-refractivity contribution < 1.29 is 14.2 Å². The Balaban J connectivity index is 1.57. The fourth-order valence-corrected chi connectivity index (χ4v) is 4.69. The molecular formula is C23H27N3O3. The van der Waals surface area contributed by atoms with Crippen molar-refractivity contribution >= 4 is 5.71 Å². The second kappa shape index (κ2) is 6.95. The van der Waals surface area contributed by atoms with Crippen molar-refractivity contribution in [1.82, 2.24) is 9.91 Å². The Hall–Kier alpha value is -2.73. The van der Waals surface area contributed by atoms with Gasteiger partial charge in [-0.3, -0.25) is 0 Å². The first-order valence-corrected chi connectivity index (χ1v) is 10.2. The number of hydrazone groups is 1. The minimum Gasteiger partial charge on any atom is -0.497 e. The van der Waals surface area contributed by atoms with Crippen LogP contribution in [0.1, 0.15) is 36.4 Å². The lowest BCUT2D eigenvalue weighted by Gasteiger charge is -2.50. The first kappa shape index (κ1) is 18.3. The van der Waals surface area contributed by atoms with Gasteiger partial charge in [-0.05, 0) is 42.9 Å². The summed E-state index contributed by atoms with van der Waals surface area (Å²) in [5.74, 6) is 2.54. The van der Waals surface area contributed by atoms with Crippen molar-refractivity contribution in [3.63, 3.8) is 0 Å². The fourth-order valence-electron chi connectivity index (χ4n) is 4.69. The molecular weight excluding hydrogens is 366 g/mol. The molecule has 0 saturated carbocycles. The maximum atomic E-state index is 6.71. The zero-order valence-electron chi connectivity index (χ0n) is 17.2.